The maximum Gasteiger partial charge on any atom is 0.338 e. The highest BCUT2D eigenvalue weighted by Crippen LogP contribution is 2.35. The summed E-state index contributed by atoms with van der Waals surface area (Å²) >= 11 is 1.13. The number of halogens is 1. The number of aromatic nitrogens is 1. The second kappa shape index (κ2) is 12.1. The smallest absolute Gasteiger partial charge is 0.338 e. The van der Waals surface area contributed by atoms with Gasteiger partial charge in [0.1, 0.15) is 17.3 Å². The van der Waals surface area contributed by atoms with E-state index in [1.165, 1.54) is 23.8 Å². The van der Waals surface area contributed by atoms with Crippen molar-refractivity contribution in [3.8, 4) is 11.3 Å². The molecule has 0 unspecified atom stereocenters. The van der Waals surface area contributed by atoms with Crippen molar-refractivity contribution in [2.45, 2.75) is 13.0 Å². The summed E-state index contributed by atoms with van der Waals surface area (Å²) in [4.78, 5) is 45.0. The highest BCUT2D eigenvalue weighted by atomic mass is 32.1. The van der Waals surface area contributed by atoms with Crippen molar-refractivity contribution in [2.75, 3.05) is 13.7 Å². The van der Waals surface area contributed by atoms with Crippen molar-refractivity contribution in [1.29, 1.82) is 0 Å². The zero-order valence-electron chi connectivity index (χ0n) is 23.7. The molecule has 0 amide bonds. The summed E-state index contributed by atoms with van der Waals surface area (Å²) in [5.74, 6) is -0.784. The van der Waals surface area contributed by atoms with Gasteiger partial charge >= 0.3 is 11.9 Å². The van der Waals surface area contributed by atoms with Gasteiger partial charge in [0.25, 0.3) is 5.56 Å². The Morgan fingerprint density at radius 2 is 1.70 bits per heavy atom. The first-order chi connectivity index (χ1) is 21.4. The van der Waals surface area contributed by atoms with E-state index in [1.54, 1.807) is 61.5 Å². The van der Waals surface area contributed by atoms with Crippen molar-refractivity contribution in [3.05, 3.63) is 145 Å². The normalized spacial score (nSPS) is 14.6. The predicted octanol–water partition coefficient (Wildman–Crippen LogP) is 5.12. The minimum Gasteiger partial charge on any atom is -0.465 e. The molecule has 3 aromatic carbocycles. The fraction of sp³-hybridized carbons (Fsp3) is 0.118. The molecule has 0 fully saturated rings. The van der Waals surface area contributed by atoms with E-state index in [0.717, 1.165) is 11.3 Å². The molecule has 44 heavy (non-hydrogen) atoms. The van der Waals surface area contributed by atoms with E-state index in [0.29, 0.717) is 48.8 Å². The van der Waals surface area contributed by atoms with Crippen LogP contribution in [0.15, 0.2) is 111 Å². The zero-order chi connectivity index (χ0) is 30.8. The largest absolute Gasteiger partial charge is 0.465 e. The van der Waals surface area contributed by atoms with Gasteiger partial charge < -0.3 is 13.9 Å². The lowest BCUT2D eigenvalue weighted by Gasteiger charge is -2.25. The summed E-state index contributed by atoms with van der Waals surface area (Å²) in [5, 5.41) is 0. The fourth-order valence-electron chi connectivity index (χ4n) is 5.09. The standard InChI is InChI=1S/C34H25FN2O6S/c1-3-42-33(40)28-29(20-9-5-4-6-10-20)36-34-37(30(28)21-13-15-22(35)16-14-21)31(38)27(44-34)19-23-17-18-26(43-23)24-11-7-8-12-25(24)32(39)41-2/h4-19,30H,3H2,1-2H3/b27-19+/t30-/m1/s1. The van der Waals surface area contributed by atoms with E-state index in [2.05, 4.69) is 0 Å². The molecule has 0 radical (unpaired) electrons. The summed E-state index contributed by atoms with van der Waals surface area (Å²) in [6.07, 6.45) is 1.59. The van der Waals surface area contributed by atoms with Crippen molar-refractivity contribution in [1.82, 2.24) is 4.57 Å². The number of ether oxygens (including phenoxy) is 2. The van der Waals surface area contributed by atoms with Crippen LogP contribution in [0.5, 0.6) is 0 Å². The third kappa shape index (κ3) is 5.31. The topological polar surface area (TPSA) is 100 Å². The number of benzene rings is 3. The van der Waals surface area contributed by atoms with Crippen LogP contribution in [0.1, 0.15) is 40.2 Å². The number of esters is 2. The Bertz CT molecular complexity index is 2090. The minimum absolute atomic E-state index is 0.116. The molecule has 0 saturated heterocycles. The minimum atomic E-state index is -0.928. The van der Waals surface area contributed by atoms with Crippen molar-refractivity contribution in [3.63, 3.8) is 0 Å². The Labute approximate surface area is 254 Å². The molecular weight excluding hydrogens is 583 g/mol. The summed E-state index contributed by atoms with van der Waals surface area (Å²) in [5.41, 5.74) is 2.20. The molecule has 0 N–H and O–H groups in total. The van der Waals surface area contributed by atoms with E-state index >= 15 is 0 Å². The van der Waals surface area contributed by atoms with Crippen LogP contribution in [0.25, 0.3) is 23.1 Å². The molecule has 2 aromatic heterocycles. The first-order valence-corrected chi connectivity index (χ1v) is 14.5. The Morgan fingerprint density at radius 1 is 0.977 bits per heavy atom. The van der Waals surface area contributed by atoms with Crippen molar-refractivity contribution >= 4 is 35.0 Å². The van der Waals surface area contributed by atoms with Crippen LogP contribution in [0.3, 0.4) is 0 Å². The first kappa shape index (κ1) is 28.8. The summed E-state index contributed by atoms with van der Waals surface area (Å²) < 4.78 is 32.1. The molecule has 8 nitrogen and oxygen atoms in total. The van der Waals surface area contributed by atoms with Gasteiger partial charge in [-0.1, -0.05) is 72.0 Å². The van der Waals surface area contributed by atoms with Gasteiger partial charge in [0.2, 0.25) is 0 Å². The summed E-state index contributed by atoms with van der Waals surface area (Å²) in [6.45, 7) is 1.81. The van der Waals surface area contributed by atoms with Crippen LogP contribution in [0.4, 0.5) is 4.39 Å². The maximum atomic E-state index is 14.0. The lowest BCUT2D eigenvalue weighted by molar-refractivity contribution is -0.138. The highest BCUT2D eigenvalue weighted by molar-refractivity contribution is 7.07. The molecule has 5 aromatic rings. The Kier molecular flexibility index (Phi) is 7.91. The van der Waals surface area contributed by atoms with Gasteiger partial charge in [-0.3, -0.25) is 9.36 Å². The van der Waals surface area contributed by atoms with Crippen LogP contribution in [-0.4, -0.2) is 30.2 Å². The molecule has 0 bridgehead atoms. The van der Waals surface area contributed by atoms with Gasteiger partial charge in [-0.2, -0.15) is 0 Å². The van der Waals surface area contributed by atoms with E-state index < -0.39 is 29.4 Å². The monoisotopic (exact) mass is 608 g/mol. The maximum absolute atomic E-state index is 14.0. The third-order valence-electron chi connectivity index (χ3n) is 7.06. The van der Waals surface area contributed by atoms with Gasteiger partial charge in [0, 0.05) is 17.2 Å². The molecule has 1 atom stereocenters. The van der Waals surface area contributed by atoms with Crippen LogP contribution >= 0.6 is 11.3 Å². The third-order valence-corrected chi connectivity index (χ3v) is 8.04. The number of furan rings is 1. The van der Waals surface area contributed by atoms with Crippen LogP contribution in [0, 0.1) is 5.82 Å². The predicted molar refractivity (Wildman–Crippen MR) is 163 cm³/mol. The molecule has 6 rings (SSSR count). The number of thiazole rings is 1. The number of fused-ring (bicyclic) bond motifs is 1. The lowest BCUT2D eigenvalue weighted by Crippen LogP contribution is -2.40. The van der Waals surface area contributed by atoms with Gasteiger partial charge in [-0.15, -0.1) is 0 Å². The molecular formula is C34H25FN2O6S. The van der Waals surface area contributed by atoms with Gasteiger partial charge in [-0.25, -0.2) is 19.0 Å². The lowest BCUT2D eigenvalue weighted by atomic mass is 9.93. The second-order valence-electron chi connectivity index (χ2n) is 9.72. The second-order valence-corrected chi connectivity index (χ2v) is 10.7. The SMILES string of the molecule is CCOC(=O)C1=C(c2ccccc2)N=c2s/c(=C/c3ccc(-c4ccccc4C(=O)OC)o3)c(=O)n2[C@@H]1c1ccc(F)cc1. The quantitative estimate of drug-likeness (QED) is 0.238. The van der Waals surface area contributed by atoms with E-state index in [-0.39, 0.29) is 12.2 Å². The van der Waals surface area contributed by atoms with E-state index in [9.17, 15) is 18.8 Å². The van der Waals surface area contributed by atoms with E-state index in [4.69, 9.17) is 18.9 Å². The number of nitrogens with zero attached hydrogens (tertiary/aromatic N) is 2. The average molecular weight is 609 g/mol. The Balaban J connectivity index is 1.54. The fourth-order valence-corrected chi connectivity index (χ4v) is 6.07. The average Bonchev–Trinajstić information content (AvgIpc) is 3.64. The molecule has 0 saturated carbocycles. The molecule has 1 aliphatic heterocycles. The number of methoxy groups -OCH3 is 1. The molecule has 1 aliphatic rings. The molecule has 0 aliphatic carbocycles. The van der Waals surface area contributed by atoms with Gasteiger partial charge in [-0.05, 0) is 42.8 Å². The molecule has 0 spiro atoms. The zero-order valence-corrected chi connectivity index (χ0v) is 24.5. The Hall–Kier alpha value is -5.35. The number of hydrogen-bond acceptors (Lipinski definition) is 8. The first-order valence-electron chi connectivity index (χ1n) is 13.7. The highest BCUT2D eigenvalue weighted by Gasteiger charge is 2.35. The number of carbonyl (C=O) groups is 2. The van der Waals surface area contributed by atoms with Crippen LogP contribution in [0.2, 0.25) is 0 Å². The van der Waals surface area contributed by atoms with Crippen LogP contribution < -0.4 is 14.9 Å². The van der Waals surface area contributed by atoms with Crippen molar-refractivity contribution in [2.24, 2.45) is 4.99 Å². The molecule has 10 heteroatoms. The molecule has 220 valence electrons. The number of carbonyl (C=O) groups excluding carboxylic acids is 2. The number of hydrogen-bond donors (Lipinski definition) is 0. The number of rotatable bonds is 7. The van der Waals surface area contributed by atoms with Gasteiger partial charge in [0.05, 0.1) is 41.1 Å². The summed E-state index contributed by atoms with van der Waals surface area (Å²) in [6, 6.07) is 24.2. The van der Waals surface area contributed by atoms with Crippen molar-refractivity contribution < 1.29 is 27.9 Å². The van der Waals surface area contributed by atoms with E-state index in [1.807, 2.05) is 30.3 Å². The van der Waals surface area contributed by atoms with Crippen LogP contribution in [-0.2, 0) is 14.3 Å². The Morgan fingerprint density at radius 3 is 2.43 bits per heavy atom. The summed E-state index contributed by atoms with van der Waals surface area (Å²) in [7, 11) is 1.31. The van der Waals surface area contributed by atoms with Gasteiger partial charge in [0.15, 0.2) is 4.80 Å². The molecule has 3 heterocycles.